The maximum atomic E-state index is 4.86. The molecule has 1 aromatic heterocycles. The number of piperidine rings is 1. The predicted molar refractivity (Wildman–Crippen MR) is 90.8 cm³/mol. The Morgan fingerprint density at radius 2 is 2.05 bits per heavy atom. The standard InChI is InChI=1S/C18H31N3/c1-5-8-19-12-16-10-17(6-2)20-18(11-16)21-9-7-14(3)15(4)13-21/h10-11,14-15,19H,5-9,12-13H2,1-4H3. The van der Waals surface area contributed by atoms with Crippen LogP contribution in [0.5, 0.6) is 0 Å². The summed E-state index contributed by atoms with van der Waals surface area (Å²) in [6.07, 6.45) is 3.47. The van der Waals surface area contributed by atoms with E-state index in [2.05, 4.69) is 50.0 Å². The van der Waals surface area contributed by atoms with Gasteiger partial charge in [0.1, 0.15) is 5.82 Å². The van der Waals surface area contributed by atoms with Crippen molar-refractivity contribution in [1.29, 1.82) is 0 Å². The summed E-state index contributed by atoms with van der Waals surface area (Å²) < 4.78 is 0. The number of aryl methyl sites for hydroxylation is 1. The van der Waals surface area contributed by atoms with Crippen molar-refractivity contribution in [1.82, 2.24) is 10.3 Å². The number of pyridine rings is 1. The van der Waals surface area contributed by atoms with Crippen molar-refractivity contribution in [3.63, 3.8) is 0 Å². The molecular weight excluding hydrogens is 258 g/mol. The lowest BCUT2D eigenvalue weighted by atomic mass is 9.88. The molecule has 118 valence electrons. The highest BCUT2D eigenvalue weighted by atomic mass is 15.2. The van der Waals surface area contributed by atoms with E-state index in [1.165, 1.54) is 29.9 Å². The minimum Gasteiger partial charge on any atom is -0.356 e. The zero-order valence-corrected chi connectivity index (χ0v) is 14.2. The summed E-state index contributed by atoms with van der Waals surface area (Å²) in [6, 6.07) is 4.53. The highest BCUT2D eigenvalue weighted by Gasteiger charge is 2.23. The molecule has 3 nitrogen and oxygen atoms in total. The highest BCUT2D eigenvalue weighted by Crippen LogP contribution is 2.26. The molecular formula is C18H31N3. The van der Waals surface area contributed by atoms with Gasteiger partial charge in [0, 0.05) is 25.3 Å². The maximum absolute atomic E-state index is 4.86. The van der Waals surface area contributed by atoms with Crippen molar-refractivity contribution in [2.24, 2.45) is 11.8 Å². The first-order valence-electron chi connectivity index (χ1n) is 8.59. The predicted octanol–water partition coefficient (Wildman–Crippen LogP) is 3.63. The largest absolute Gasteiger partial charge is 0.356 e. The van der Waals surface area contributed by atoms with E-state index in [1.54, 1.807) is 0 Å². The number of hydrogen-bond acceptors (Lipinski definition) is 3. The molecule has 1 fully saturated rings. The Kier molecular flexibility index (Phi) is 6.04. The van der Waals surface area contributed by atoms with Gasteiger partial charge in [-0.05, 0) is 55.3 Å². The van der Waals surface area contributed by atoms with Crippen LogP contribution in [-0.4, -0.2) is 24.6 Å². The van der Waals surface area contributed by atoms with Gasteiger partial charge in [0.15, 0.2) is 0 Å². The summed E-state index contributed by atoms with van der Waals surface area (Å²) in [7, 11) is 0. The number of hydrogen-bond donors (Lipinski definition) is 1. The Labute approximate surface area is 130 Å². The maximum Gasteiger partial charge on any atom is 0.129 e. The van der Waals surface area contributed by atoms with E-state index >= 15 is 0 Å². The normalized spacial score (nSPS) is 22.6. The van der Waals surface area contributed by atoms with Gasteiger partial charge in [-0.15, -0.1) is 0 Å². The minimum absolute atomic E-state index is 0.757. The number of anilines is 1. The van der Waals surface area contributed by atoms with E-state index in [4.69, 9.17) is 4.98 Å². The average Bonchev–Trinajstić information content (AvgIpc) is 2.50. The first kappa shape index (κ1) is 16.3. The summed E-state index contributed by atoms with van der Waals surface area (Å²) in [5, 5.41) is 3.50. The van der Waals surface area contributed by atoms with Crippen LogP contribution in [0, 0.1) is 11.8 Å². The lowest BCUT2D eigenvalue weighted by Gasteiger charge is -2.36. The van der Waals surface area contributed by atoms with Crippen molar-refractivity contribution >= 4 is 5.82 Å². The molecule has 1 aliphatic heterocycles. The van der Waals surface area contributed by atoms with Crippen LogP contribution >= 0.6 is 0 Å². The van der Waals surface area contributed by atoms with E-state index in [1.807, 2.05) is 0 Å². The van der Waals surface area contributed by atoms with Crippen molar-refractivity contribution in [3.8, 4) is 0 Å². The van der Waals surface area contributed by atoms with Gasteiger partial charge in [-0.25, -0.2) is 4.98 Å². The van der Waals surface area contributed by atoms with Crippen LogP contribution in [0.3, 0.4) is 0 Å². The third-order valence-corrected chi connectivity index (χ3v) is 4.70. The molecule has 2 rings (SSSR count). The third kappa shape index (κ3) is 4.44. The van der Waals surface area contributed by atoms with Crippen LogP contribution in [0.2, 0.25) is 0 Å². The van der Waals surface area contributed by atoms with E-state index in [0.717, 1.165) is 44.4 Å². The fraction of sp³-hybridized carbons (Fsp3) is 0.722. The number of rotatable bonds is 6. The Morgan fingerprint density at radius 3 is 2.71 bits per heavy atom. The quantitative estimate of drug-likeness (QED) is 0.811. The average molecular weight is 289 g/mol. The molecule has 1 aromatic rings. The molecule has 0 bridgehead atoms. The molecule has 1 aliphatic rings. The second kappa shape index (κ2) is 7.79. The molecule has 2 unspecified atom stereocenters. The fourth-order valence-corrected chi connectivity index (χ4v) is 2.96. The Bertz CT molecular complexity index is 444. The number of aromatic nitrogens is 1. The molecule has 0 saturated carbocycles. The summed E-state index contributed by atoms with van der Waals surface area (Å²) in [5.41, 5.74) is 2.59. The molecule has 21 heavy (non-hydrogen) atoms. The SMILES string of the molecule is CCCNCc1cc(CC)nc(N2CCC(C)C(C)C2)c1. The van der Waals surface area contributed by atoms with Gasteiger partial charge >= 0.3 is 0 Å². The van der Waals surface area contributed by atoms with E-state index in [-0.39, 0.29) is 0 Å². The monoisotopic (exact) mass is 289 g/mol. The van der Waals surface area contributed by atoms with Crippen molar-refractivity contribution in [3.05, 3.63) is 23.4 Å². The second-order valence-corrected chi connectivity index (χ2v) is 6.54. The molecule has 0 aliphatic carbocycles. The summed E-state index contributed by atoms with van der Waals surface area (Å²) in [6.45, 7) is 13.5. The van der Waals surface area contributed by atoms with Crippen LogP contribution < -0.4 is 10.2 Å². The Morgan fingerprint density at radius 1 is 1.24 bits per heavy atom. The van der Waals surface area contributed by atoms with E-state index in [0.29, 0.717) is 0 Å². The molecule has 2 heterocycles. The molecule has 0 aromatic carbocycles. The van der Waals surface area contributed by atoms with Crippen LogP contribution in [-0.2, 0) is 13.0 Å². The number of nitrogens with zero attached hydrogens (tertiary/aromatic N) is 2. The van der Waals surface area contributed by atoms with Crippen LogP contribution in [0.15, 0.2) is 12.1 Å². The first-order valence-corrected chi connectivity index (χ1v) is 8.59. The van der Waals surface area contributed by atoms with Crippen molar-refractivity contribution in [2.75, 3.05) is 24.5 Å². The third-order valence-electron chi connectivity index (χ3n) is 4.70. The number of nitrogens with one attached hydrogen (secondary N) is 1. The molecule has 2 atom stereocenters. The lowest BCUT2D eigenvalue weighted by Crippen LogP contribution is -2.39. The van der Waals surface area contributed by atoms with Gasteiger partial charge in [-0.3, -0.25) is 0 Å². The topological polar surface area (TPSA) is 28.2 Å². The zero-order valence-electron chi connectivity index (χ0n) is 14.2. The molecule has 1 saturated heterocycles. The highest BCUT2D eigenvalue weighted by molar-refractivity contribution is 5.43. The van der Waals surface area contributed by atoms with Gasteiger partial charge in [0.25, 0.3) is 0 Å². The van der Waals surface area contributed by atoms with Gasteiger partial charge in [0.2, 0.25) is 0 Å². The summed E-state index contributed by atoms with van der Waals surface area (Å²) >= 11 is 0. The van der Waals surface area contributed by atoms with Crippen molar-refractivity contribution < 1.29 is 0 Å². The first-order chi connectivity index (χ1) is 10.1. The summed E-state index contributed by atoms with van der Waals surface area (Å²) in [4.78, 5) is 7.34. The van der Waals surface area contributed by atoms with E-state index < -0.39 is 0 Å². The molecule has 3 heteroatoms. The van der Waals surface area contributed by atoms with Crippen LogP contribution in [0.25, 0.3) is 0 Å². The van der Waals surface area contributed by atoms with E-state index in [9.17, 15) is 0 Å². The smallest absolute Gasteiger partial charge is 0.129 e. The zero-order chi connectivity index (χ0) is 15.2. The van der Waals surface area contributed by atoms with Crippen molar-refractivity contribution in [2.45, 2.75) is 53.5 Å². The van der Waals surface area contributed by atoms with Crippen LogP contribution in [0.4, 0.5) is 5.82 Å². The van der Waals surface area contributed by atoms with Gasteiger partial charge in [0.05, 0.1) is 0 Å². The van der Waals surface area contributed by atoms with Gasteiger partial charge < -0.3 is 10.2 Å². The second-order valence-electron chi connectivity index (χ2n) is 6.54. The van der Waals surface area contributed by atoms with Crippen LogP contribution in [0.1, 0.15) is 51.8 Å². The fourth-order valence-electron chi connectivity index (χ4n) is 2.96. The Balaban J connectivity index is 2.12. The summed E-state index contributed by atoms with van der Waals surface area (Å²) in [5.74, 6) is 2.77. The lowest BCUT2D eigenvalue weighted by molar-refractivity contribution is 0.322. The van der Waals surface area contributed by atoms with Gasteiger partial charge in [-0.1, -0.05) is 27.7 Å². The molecule has 0 radical (unpaired) electrons. The molecule has 0 spiro atoms. The van der Waals surface area contributed by atoms with Gasteiger partial charge in [-0.2, -0.15) is 0 Å². The minimum atomic E-state index is 0.757. The molecule has 0 amide bonds. The molecule has 1 N–H and O–H groups in total. The Hall–Kier alpha value is -1.09.